The van der Waals surface area contributed by atoms with E-state index in [1.165, 1.54) is 6.26 Å². The van der Waals surface area contributed by atoms with Gasteiger partial charge in [-0.2, -0.15) is 0 Å². The van der Waals surface area contributed by atoms with Gasteiger partial charge < -0.3 is 14.8 Å². The number of aliphatic hydroxyl groups excluding tert-OH is 1. The van der Waals surface area contributed by atoms with Gasteiger partial charge in [-0.05, 0) is 30.7 Å². The molecule has 0 aliphatic rings. The normalized spacial score (nSPS) is 12.4. The van der Waals surface area contributed by atoms with Crippen molar-refractivity contribution in [2.75, 3.05) is 11.9 Å². The molecule has 0 aliphatic heterocycles. The van der Waals surface area contributed by atoms with Crippen LogP contribution in [-0.2, 0) is 0 Å². The SMILES string of the molecule is Cc1cccc(NCC(O)c2ccco2)c1Cl. The fraction of sp³-hybridized carbons (Fsp3) is 0.231. The van der Waals surface area contributed by atoms with Crippen LogP contribution in [0, 0.1) is 6.92 Å². The van der Waals surface area contributed by atoms with Crippen LogP contribution in [0.4, 0.5) is 5.69 Å². The van der Waals surface area contributed by atoms with E-state index in [1.54, 1.807) is 12.1 Å². The molecule has 0 spiro atoms. The third-order valence-electron chi connectivity index (χ3n) is 2.55. The summed E-state index contributed by atoms with van der Waals surface area (Å²) in [6, 6.07) is 9.23. The van der Waals surface area contributed by atoms with Gasteiger partial charge in [0.2, 0.25) is 0 Å². The third kappa shape index (κ3) is 2.81. The molecule has 90 valence electrons. The fourth-order valence-corrected chi connectivity index (χ4v) is 1.76. The van der Waals surface area contributed by atoms with Crippen LogP contribution in [-0.4, -0.2) is 11.7 Å². The molecule has 0 fully saturated rings. The zero-order valence-corrected chi connectivity index (χ0v) is 10.2. The number of aliphatic hydroxyl groups is 1. The van der Waals surface area contributed by atoms with Crippen molar-refractivity contribution in [3.05, 3.63) is 52.9 Å². The van der Waals surface area contributed by atoms with E-state index in [1.807, 2.05) is 25.1 Å². The van der Waals surface area contributed by atoms with Gasteiger partial charge in [0.1, 0.15) is 11.9 Å². The van der Waals surface area contributed by atoms with E-state index >= 15 is 0 Å². The molecular formula is C13H14ClNO2. The number of hydrogen-bond donors (Lipinski definition) is 2. The van der Waals surface area contributed by atoms with Crippen LogP contribution in [0.15, 0.2) is 41.0 Å². The summed E-state index contributed by atoms with van der Waals surface area (Å²) in [5, 5.41) is 13.6. The fourth-order valence-electron chi connectivity index (χ4n) is 1.57. The first-order valence-electron chi connectivity index (χ1n) is 5.39. The van der Waals surface area contributed by atoms with Gasteiger partial charge in [-0.3, -0.25) is 0 Å². The minimum absolute atomic E-state index is 0.358. The first-order chi connectivity index (χ1) is 8.18. The zero-order valence-electron chi connectivity index (χ0n) is 9.48. The lowest BCUT2D eigenvalue weighted by Gasteiger charge is -2.12. The molecule has 1 unspecified atom stereocenters. The summed E-state index contributed by atoms with van der Waals surface area (Å²) in [5.74, 6) is 0.543. The summed E-state index contributed by atoms with van der Waals surface area (Å²) in [5.41, 5.74) is 1.82. The molecule has 2 N–H and O–H groups in total. The maximum absolute atomic E-state index is 9.83. The van der Waals surface area contributed by atoms with Gasteiger partial charge in [0.05, 0.1) is 17.0 Å². The standard InChI is InChI=1S/C13H14ClNO2/c1-9-4-2-5-10(13(9)14)15-8-11(16)12-6-3-7-17-12/h2-7,11,15-16H,8H2,1H3. The molecule has 0 saturated heterocycles. The molecule has 0 amide bonds. The smallest absolute Gasteiger partial charge is 0.134 e. The molecule has 1 atom stereocenters. The van der Waals surface area contributed by atoms with Crippen LogP contribution in [0.5, 0.6) is 0 Å². The Balaban J connectivity index is 2.00. The molecule has 1 heterocycles. The van der Waals surface area contributed by atoms with E-state index in [-0.39, 0.29) is 0 Å². The molecular weight excluding hydrogens is 238 g/mol. The lowest BCUT2D eigenvalue weighted by Crippen LogP contribution is -2.11. The number of furan rings is 1. The van der Waals surface area contributed by atoms with Crippen molar-refractivity contribution >= 4 is 17.3 Å². The average Bonchev–Trinajstić information content (AvgIpc) is 2.84. The van der Waals surface area contributed by atoms with Crippen molar-refractivity contribution in [2.24, 2.45) is 0 Å². The quantitative estimate of drug-likeness (QED) is 0.876. The largest absolute Gasteiger partial charge is 0.467 e. The van der Waals surface area contributed by atoms with E-state index in [4.69, 9.17) is 16.0 Å². The minimum Gasteiger partial charge on any atom is -0.467 e. The summed E-state index contributed by atoms with van der Waals surface area (Å²) in [6.45, 7) is 2.30. The molecule has 3 nitrogen and oxygen atoms in total. The number of hydrogen-bond acceptors (Lipinski definition) is 3. The number of rotatable bonds is 4. The van der Waals surface area contributed by atoms with Gasteiger partial charge in [0.15, 0.2) is 0 Å². The Labute approximate surface area is 105 Å². The Kier molecular flexibility index (Phi) is 3.71. The van der Waals surface area contributed by atoms with Gasteiger partial charge in [0.25, 0.3) is 0 Å². The number of benzene rings is 1. The Morgan fingerprint density at radius 3 is 2.88 bits per heavy atom. The molecule has 0 aliphatic carbocycles. The maximum atomic E-state index is 9.83. The van der Waals surface area contributed by atoms with Gasteiger partial charge in [-0.15, -0.1) is 0 Å². The van der Waals surface area contributed by atoms with Crippen molar-refractivity contribution in [3.63, 3.8) is 0 Å². The molecule has 0 bridgehead atoms. The second kappa shape index (κ2) is 5.25. The summed E-state index contributed by atoms with van der Waals surface area (Å²) in [6.07, 6.45) is 0.861. The summed E-state index contributed by atoms with van der Waals surface area (Å²) in [7, 11) is 0. The van der Waals surface area contributed by atoms with Crippen molar-refractivity contribution in [2.45, 2.75) is 13.0 Å². The third-order valence-corrected chi connectivity index (χ3v) is 3.05. The molecule has 0 radical (unpaired) electrons. The molecule has 2 aromatic rings. The second-order valence-electron chi connectivity index (χ2n) is 3.85. The molecule has 1 aromatic carbocycles. The van der Waals surface area contributed by atoms with E-state index in [9.17, 15) is 5.11 Å². The lowest BCUT2D eigenvalue weighted by atomic mass is 10.2. The topological polar surface area (TPSA) is 45.4 Å². The van der Waals surface area contributed by atoms with Gasteiger partial charge >= 0.3 is 0 Å². The van der Waals surface area contributed by atoms with Crippen LogP contribution in [0.25, 0.3) is 0 Å². The van der Waals surface area contributed by atoms with E-state index in [2.05, 4.69) is 5.32 Å². The molecule has 0 saturated carbocycles. The summed E-state index contributed by atoms with van der Waals surface area (Å²) >= 11 is 6.13. The predicted octanol–water partition coefficient (Wildman–Crippen LogP) is 3.39. The summed E-state index contributed by atoms with van der Waals surface area (Å²) < 4.78 is 5.11. The highest BCUT2D eigenvalue weighted by Crippen LogP contribution is 2.25. The van der Waals surface area contributed by atoms with Crippen molar-refractivity contribution < 1.29 is 9.52 Å². The molecule has 17 heavy (non-hydrogen) atoms. The highest BCUT2D eigenvalue weighted by molar-refractivity contribution is 6.33. The Bertz CT molecular complexity index is 482. The van der Waals surface area contributed by atoms with E-state index in [0.717, 1.165) is 11.3 Å². The van der Waals surface area contributed by atoms with Crippen LogP contribution in [0.3, 0.4) is 0 Å². The van der Waals surface area contributed by atoms with Gasteiger partial charge in [-0.1, -0.05) is 23.7 Å². The number of anilines is 1. The van der Waals surface area contributed by atoms with Crippen LogP contribution >= 0.6 is 11.6 Å². The Morgan fingerprint density at radius 1 is 1.35 bits per heavy atom. The van der Waals surface area contributed by atoms with E-state index in [0.29, 0.717) is 17.3 Å². The number of aryl methyl sites for hydroxylation is 1. The first kappa shape index (κ1) is 12.0. The lowest BCUT2D eigenvalue weighted by molar-refractivity contribution is 0.162. The molecule has 1 aromatic heterocycles. The van der Waals surface area contributed by atoms with E-state index < -0.39 is 6.10 Å². The van der Waals surface area contributed by atoms with Crippen molar-refractivity contribution in [1.29, 1.82) is 0 Å². The monoisotopic (exact) mass is 251 g/mol. The van der Waals surface area contributed by atoms with Crippen molar-refractivity contribution in [1.82, 2.24) is 0 Å². The van der Waals surface area contributed by atoms with Crippen molar-refractivity contribution in [3.8, 4) is 0 Å². The maximum Gasteiger partial charge on any atom is 0.134 e. The summed E-state index contributed by atoms with van der Waals surface area (Å²) in [4.78, 5) is 0. The molecule has 4 heteroatoms. The minimum atomic E-state index is -0.679. The molecule has 2 rings (SSSR count). The zero-order chi connectivity index (χ0) is 12.3. The van der Waals surface area contributed by atoms with Crippen LogP contribution in [0.2, 0.25) is 5.02 Å². The Hall–Kier alpha value is -1.45. The highest BCUT2D eigenvalue weighted by Gasteiger charge is 2.11. The Morgan fingerprint density at radius 2 is 2.18 bits per heavy atom. The highest BCUT2D eigenvalue weighted by atomic mass is 35.5. The van der Waals surface area contributed by atoms with Crippen LogP contribution < -0.4 is 5.32 Å². The predicted molar refractivity (Wildman–Crippen MR) is 68.3 cm³/mol. The first-order valence-corrected chi connectivity index (χ1v) is 5.76. The second-order valence-corrected chi connectivity index (χ2v) is 4.23. The number of halogens is 1. The average molecular weight is 252 g/mol. The van der Waals surface area contributed by atoms with Gasteiger partial charge in [-0.25, -0.2) is 0 Å². The number of nitrogens with one attached hydrogen (secondary N) is 1. The van der Waals surface area contributed by atoms with Gasteiger partial charge in [0, 0.05) is 6.54 Å². The van der Waals surface area contributed by atoms with Crippen LogP contribution in [0.1, 0.15) is 17.4 Å².